The molecule has 1 heterocycles. The molecule has 1 fully saturated rings. The van der Waals surface area contributed by atoms with E-state index in [1.165, 1.54) is 0 Å². The Labute approximate surface area is 147 Å². The molecular formula is C20H22N2O3. The number of hydrogen-bond donors (Lipinski definition) is 1. The number of aryl methyl sites for hydroxylation is 2. The van der Waals surface area contributed by atoms with E-state index in [0.717, 1.165) is 11.1 Å². The summed E-state index contributed by atoms with van der Waals surface area (Å²) in [4.78, 5) is 27.2. The smallest absolute Gasteiger partial charge is 0.256 e. The molecule has 0 aromatic heterocycles. The maximum absolute atomic E-state index is 12.8. The first-order chi connectivity index (χ1) is 12.1. The minimum absolute atomic E-state index is 0.0832. The molecule has 3 rings (SSSR count). The van der Waals surface area contributed by atoms with E-state index in [0.29, 0.717) is 43.1 Å². The van der Waals surface area contributed by atoms with Crippen molar-refractivity contribution in [2.45, 2.75) is 13.8 Å². The van der Waals surface area contributed by atoms with Crippen molar-refractivity contribution in [2.24, 2.45) is 0 Å². The molecule has 0 spiro atoms. The zero-order chi connectivity index (χ0) is 17.8. The molecule has 5 nitrogen and oxygen atoms in total. The van der Waals surface area contributed by atoms with E-state index in [-0.39, 0.29) is 11.8 Å². The van der Waals surface area contributed by atoms with Gasteiger partial charge in [-0.1, -0.05) is 29.8 Å². The number of nitrogens with one attached hydrogen (secondary N) is 1. The lowest BCUT2D eigenvalue weighted by Gasteiger charge is -2.27. The second-order valence-electron chi connectivity index (χ2n) is 6.22. The van der Waals surface area contributed by atoms with E-state index in [1.807, 2.05) is 38.1 Å². The van der Waals surface area contributed by atoms with Crippen molar-refractivity contribution in [1.82, 2.24) is 4.90 Å². The van der Waals surface area contributed by atoms with E-state index in [9.17, 15) is 9.59 Å². The summed E-state index contributed by atoms with van der Waals surface area (Å²) in [6.07, 6.45) is 0. The maximum atomic E-state index is 12.8. The molecule has 0 unspecified atom stereocenters. The van der Waals surface area contributed by atoms with Crippen LogP contribution in [0.5, 0.6) is 0 Å². The van der Waals surface area contributed by atoms with Crippen LogP contribution in [0.15, 0.2) is 42.5 Å². The number of amides is 2. The molecule has 0 atom stereocenters. The van der Waals surface area contributed by atoms with Crippen molar-refractivity contribution < 1.29 is 14.3 Å². The van der Waals surface area contributed by atoms with Crippen LogP contribution in [0.25, 0.3) is 0 Å². The van der Waals surface area contributed by atoms with Crippen molar-refractivity contribution in [2.75, 3.05) is 31.6 Å². The van der Waals surface area contributed by atoms with E-state index >= 15 is 0 Å². The zero-order valence-electron chi connectivity index (χ0n) is 14.5. The molecule has 2 amide bonds. The first-order valence-corrected chi connectivity index (χ1v) is 8.41. The SMILES string of the molecule is Cc1ccc(C)c(C(=O)Nc2ccccc2C(=O)N2CCOCC2)c1. The van der Waals surface area contributed by atoms with Gasteiger partial charge < -0.3 is 15.0 Å². The molecule has 1 saturated heterocycles. The third kappa shape index (κ3) is 3.88. The van der Waals surface area contributed by atoms with Crippen LogP contribution in [0.4, 0.5) is 5.69 Å². The van der Waals surface area contributed by atoms with Gasteiger partial charge in [0.25, 0.3) is 11.8 Å². The second kappa shape index (κ2) is 7.49. The van der Waals surface area contributed by atoms with Crippen LogP contribution in [0.2, 0.25) is 0 Å². The average Bonchev–Trinajstić information content (AvgIpc) is 2.64. The number of para-hydroxylation sites is 1. The summed E-state index contributed by atoms with van der Waals surface area (Å²) in [5, 5.41) is 2.90. The Kier molecular flexibility index (Phi) is 5.14. The van der Waals surface area contributed by atoms with Crippen LogP contribution in [0.3, 0.4) is 0 Å². The quantitative estimate of drug-likeness (QED) is 0.936. The van der Waals surface area contributed by atoms with Gasteiger partial charge in [-0.2, -0.15) is 0 Å². The van der Waals surface area contributed by atoms with E-state index in [4.69, 9.17) is 4.74 Å². The van der Waals surface area contributed by atoms with E-state index < -0.39 is 0 Å². The molecular weight excluding hydrogens is 316 g/mol. The molecule has 1 aliphatic heterocycles. The van der Waals surface area contributed by atoms with Gasteiger partial charge in [0.2, 0.25) is 0 Å². The Hall–Kier alpha value is -2.66. The number of rotatable bonds is 3. The Balaban J connectivity index is 1.84. The largest absolute Gasteiger partial charge is 0.378 e. The van der Waals surface area contributed by atoms with Gasteiger partial charge in [0, 0.05) is 18.7 Å². The fourth-order valence-electron chi connectivity index (χ4n) is 2.89. The van der Waals surface area contributed by atoms with Crippen molar-refractivity contribution >= 4 is 17.5 Å². The Morgan fingerprint density at radius 1 is 1.00 bits per heavy atom. The molecule has 1 N–H and O–H groups in total. The van der Waals surface area contributed by atoms with Crippen LogP contribution in [-0.2, 0) is 4.74 Å². The topological polar surface area (TPSA) is 58.6 Å². The number of hydrogen-bond acceptors (Lipinski definition) is 3. The highest BCUT2D eigenvalue weighted by Crippen LogP contribution is 2.20. The highest BCUT2D eigenvalue weighted by Gasteiger charge is 2.22. The lowest BCUT2D eigenvalue weighted by atomic mass is 10.0. The zero-order valence-corrected chi connectivity index (χ0v) is 14.5. The van der Waals surface area contributed by atoms with Gasteiger partial charge >= 0.3 is 0 Å². The van der Waals surface area contributed by atoms with Crippen LogP contribution < -0.4 is 5.32 Å². The highest BCUT2D eigenvalue weighted by atomic mass is 16.5. The summed E-state index contributed by atoms with van der Waals surface area (Å²) in [5.74, 6) is -0.288. The molecule has 130 valence electrons. The first kappa shape index (κ1) is 17.2. The third-order valence-corrected chi connectivity index (χ3v) is 4.34. The van der Waals surface area contributed by atoms with Crippen molar-refractivity contribution in [3.63, 3.8) is 0 Å². The molecule has 0 bridgehead atoms. The molecule has 2 aromatic rings. The lowest BCUT2D eigenvalue weighted by Crippen LogP contribution is -2.41. The maximum Gasteiger partial charge on any atom is 0.256 e. The van der Waals surface area contributed by atoms with Crippen LogP contribution in [0.1, 0.15) is 31.8 Å². The standard InChI is InChI=1S/C20H22N2O3/c1-14-7-8-15(2)17(13-14)19(23)21-18-6-4-3-5-16(18)20(24)22-9-11-25-12-10-22/h3-8,13H,9-12H2,1-2H3,(H,21,23). The first-order valence-electron chi connectivity index (χ1n) is 8.41. The van der Waals surface area contributed by atoms with Gasteiger partial charge in [0.05, 0.1) is 24.5 Å². The molecule has 2 aromatic carbocycles. The van der Waals surface area contributed by atoms with Crippen molar-refractivity contribution in [1.29, 1.82) is 0 Å². The number of ether oxygens (including phenoxy) is 1. The fourth-order valence-corrected chi connectivity index (χ4v) is 2.89. The normalized spacial score (nSPS) is 14.2. The van der Waals surface area contributed by atoms with Gasteiger partial charge in [-0.15, -0.1) is 0 Å². The number of carbonyl (C=O) groups excluding carboxylic acids is 2. The summed E-state index contributed by atoms with van der Waals surface area (Å²) < 4.78 is 5.30. The number of nitrogens with zero attached hydrogens (tertiary/aromatic N) is 1. The molecule has 1 aliphatic rings. The second-order valence-corrected chi connectivity index (χ2v) is 6.22. The van der Waals surface area contributed by atoms with Gasteiger partial charge in [0.1, 0.15) is 0 Å². The summed E-state index contributed by atoms with van der Waals surface area (Å²) >= 11 is 0. The Morgan fingerprint density at radius 3 is 2.48 bits per heavy atom. The predicted molar refractivity (Wildman–Crippen MR) is 97.0 cm³/mol. The van der Waals surface area contributed by atoms with E-state index in [1.54, 1.807) is 23.1 Å². The monoisotopic (exact) mass is 338 g/mol. The molecule has 0 radical (unpaired) electrons. The van der Waals surface area contributed by atoms with Crippen LogP contribution >= 0.6 is 0 Å². The predicted octanol–water partition coefficient (Wildman–Crippen LogP) is 3.03. The van der Waals surface area contributed by atoms with E-state index in [2.05, 4.69) is 5.32 Å². The number of carbonyl (C=O) groups is 2. The van der Waals surface area contributed by atoms with Crippen LogP contribution in [0, 0.1) is 13.8 Å². The number of benzene rings is 2. The minimum atomic E-state index is -0.205. The van der Waals surface area contributed by atoms with Crippen molar-refractivity contribution in [3.8, 4) is 0 Å². The highest BCUT2D eigenvalue weighted by molar-refractivity contribution is 6.09. The van der Waals surface area contributed by atoms with Gasteiger partial charge in [-0.25, -0.2) is 0 Å². The number of morpholine rings is 1. The summed E-state index contributed by atoms with van der Waals surface area (Å²) in [5.41, 5.74) is 3.58. The van der Waals surface area contributed by atoms with Gasteiger partial charge in [-0.05, 0) is 37.6 Å². The van der Waals surface area contributed by atoms with Crippen molar-refractivity contribution in [3.05, 3.63) is 64.7 Å². The molecule has 5 heteroatoms. The third-order valence-electron chi connectivity index (χ3n) is 4.34. The molecule has 0 saturated carbocycles. The fraction of sp³-hybridized carbons (Fsp3) is 0.300. The molecule has 0 aliphatic carbocycles. The Morgan fingerprint density at radius 2 is 1.72 bits per heavy atom. The number of anilines is 1. The average molecular weight is 338 g/mol. The Bertz CT molecular complexity index is 795. The summed E-state index contributed by atoms with van der Waals surface area (Å²) in [7, 11) is 0. The summed E-state index contributed by atoms with van der Waals surface area (Å²) in [6, 6.07) is 12.9. The van der Waals surface area contributed by atoms with Gasteiger partial charge in [-0.3, -0.25) is 9.59 Å². The van der Waals surface area contributed by atoms with Crippen LogP contribution in [-0.4, -0.2) is 43.0 Å². The van der Waals surface area contributed by atoms with Gasteiger partial charge in [0.15, 0.2) is 0 Å². The summed E-state index contributed by atoms with van der Waals surface area (Å²) in [6.45, 7) is 6.08. The lowest BCUT2D eigenvalue weighted by molar-refractivity contribution is 0.0303. The minimum Gasteiger partial charge on any atom is -0.378 e. The molecule has 25 heavy (non-hydrogen) atoms.